The van der Waals surface area contributed by atoms with E-state index in [1.807, 2.05) is 0 Å². The molecule has 1 atom stereocenters. The van der Waals surface area contributed by atoms with Crippen LogP contribution in [-0.4, -0.2) is 28.5 Å². The quantitative estimate of drug-likeness (QED) is 0.718. The fourth-order valence-electron chi connectivity index (χ4n) is 3.02. The van der Waals surface area contributed by atoms with Gasteiger partial charge in [-0.2, -0.15) is 13.2 Å². The summed E-state index contributed by atoms with van der Waals surface area (Å²) in [6.07, 6.45) is -6.20. The van der Waals surface area contributed by atoms with Gasteiger partial charge in [-0.1, -0.05) is 0 Å². The first-order chi connectivity index (χ1) is 13.6. The summed E-state index contributed by atoms with van der Waals surface area (Å²) < 4.78 is 55.5. The largest absolute Gasteiger partial charge is 0.508 e. The smallest absolute Gasteiger partial charge is 0.493 e. The average molecular weight is 414 g/mol. The highest BCUT2D eigenvalue weighted by Gasteiger charge is 2.35. The van der Waals surface area contributed by atoms with Crippen LogP contribution in [0.15, 0.2) is 33.9 Å². The van der Waals surface area contributed by atoms with Crippen molar-refractivity contribution in [1.82, 2.24) is 9.13 Å². The molecule has 1 aliphatic rings. The highest BCUT2D eigenvalue weighted by Crippen LogP contribution is 2.36. The van der Waals surface area contributed by atoms with E-state index in [4.69, 9.17) is 14.2 Å². The van der Waals surface area contributed by atoms with Gasteiger partial charge >= 0.3 is 18.0 Å². The van der Waals surface area contributed by atoms with Crippen molar-refractivity contribution < 1.29 is 32.2 Å². The molecule has 2 aromatic rings. The van der Waals surface area contributed by atoms with Crippen LogP contribution in [0.5, 0.6) is 5.75 Å². The molecule has 1 unspecified atom stereocenters. The first kappa shape index (κ1) is 20.5. The maximum atomic E-state index is 13.0. The molecule has 1 aliphatic heterocycles. The summed E-state index contributed by atoms with van der Waals surface area (Å²) in [5.74, 6) is 0.367. The molecule has 1 aromatic heterocycles. The number of hydrogen-bond acceptors (Lipinski definition) is 6. The van der Waals surface area contributed by atoms with Gasteiger partial charge in [-0.15, -0.1) is 0 Å². The Hall–Kier alpha value is -3.24. The molecule has 2 heterocycles. The summed E-state index contributed by atoms with van der Waals surface area (Å²) in [5.41, 5.74) is -3.26. The Bertz CT molecular complexity index is 1060. The zero-order chi connectivity index (χ0) is 21.3. The summed E-state index contributed by atoms with van der Waals surface area (Å²) in [6, 6.07) is 4.54. The lowest BCUT2D eigenvalue weighted by Gasteiger charge is -2.26. The Morgan fingerprint density at radius 2 is 2.00 bits per heavy atom. The van der Waals surface area contributed by atoms with Gasteiger partial charge in [0.05, 0.1) is 18.9 Å². The van der Waals surface area contributed by atoms with E-state index in [1.54, 1.807) is 6.92 Å². The predicted molar refractivity (Wildman–Crippen MR) is 93.2 cm³/mol. The van der Waals surface area contributed by atoms with E-state index in [9.17, 15) is 27.6 Å². The Morgan fingerprint density at radius 1 is 1.28 bits per heavy atom. The molecule has 0 spiro atoms. The third kappa shape index (κ3) is 3.98. The van der Waals surface area contributed by atoms with E-state index in [0.29, 0.717) is 32.9 Å². The number of fused-ring (bicyclic) bond motifs is 1. The van der Waals surface area contributed by atoms with Crippen molar-refractivity contribution in [3.8, 4) is 11.4 Å². The van der Waals surface area contributed by atoms with E-state index >= 15 is 0 Å². The van der Waals surface area contributed by atoms with Crippen LogP contribution in [0.25, 0.3) is 5.69 Å². The van der Waals surface area contributed by atoms with Crippen LogP contribution < -0.4 is 16.0 Å². The van der Waals surface area contributed by atoms with Crippen molar-refractivity contribution in [3.63, 3.8) is 0 Å². The second kappa shape index (κ2) is 7.64. The molecule has 0 aliphatic carbocycles. The van der Waals surface area contributed by atoms with Crippen LogP contribution in [0, 0.1) is 0 Å². The molecule has 8 nitrogen and oxygen atoms in total. The van der Waals surface area contributed by atoms with Gasteiger partial charge in [-0.05, 0) is 25.1 Å². The monoisotopic (exact) mass is 414 g/mol. The minimum atomic E-state index is -4.85. The molecule has 156 valence electrons. The normalized spacial score (nSPS) is 16.0. The van der Waals surface area contributed by atoms with E-state index in [2.05, 4.69) is 0 Å². The van der Waals surface area contributed by atoms with Crippen molar-refractivity contribution in [2.24, 2.45) is 7.05 Å². The average Bonchev–Trinajstić information content (AvgIpc) is 2.64. The molecule has 0 N–H and O–H groups in total. The second-order valence-electron chi connectivity index (χ2n) is 6.19. The topological polar surface area (TPSA) is 88.8 Å². The summed E-state index contributed by atoms with van der Waals surface area (Å²) >= 11 is 0. The third-order valence-electron chi connectivity index (χ3n) is 4.35. The number of halogens is 3. The first-order valence-electron chi connectivity index (χ1n) is 8.64. The molecular formula is C18H17F3N2O6. The Balaban J connectivity index is 2.08. The summed E-state index contributed by atoms with van der Waals surface area (Å²) in [5, 5.41) is 0. The molecule has 0 radical (unpaired) electrons. The Kier molecular flexibility index (Phi) is 5.40. The highest BCUT2D eigenvalue weighted by molar-refractivity contribution is 5.61. The molecule has 0 amide bonds. The van der Waals surface area contributed by atoms with Gasteiger partial charge in [0, 0.05) is 25.1 Å². The zero-order valence-corrected chi connectivity index (χ0v) is 15.5. The molecular weight excluding hydrogens is 397 g/mol. The standard InChI is InChI=1S/C18H17F3N2O6/c1-3-27-17(26)29-13-6-7-28-12-5-4-10(8-11(12)13)23-15(24)9-14(18(19,20)21)22(2)16(23)25/h4-5,8-9,13H,3,6-7H2,1-2H3. The number of benzene rings is 1. The van der Waals surface area contributed by atoms with Crippen LogP contribution in [0.3, 0.4) is 0 Å². The number of carbonyl (C=O) groups excluding carboxylic acids is 1. The SMILES string of the molecule is CCOC(=O)OC1CCOc2ccc(-n3c(=O)cc(C(F)(F)F)n(C)c3=O)cc21. The lowest BCUT2D eigenvalue weighted by atomic mass is 10.0. The van der Waals surface area contributed by atoms with Crippen LogP contribution in [-0.2, 0) is 22.7 Å². The molecule has 3 rings (SSSR count). The van der Waals surface area contributed by atoms with Crippen molar-refractivity contribution >= 4 is 6.16 Å². The van der Waals surface area contributed by atoms with Crippen molar-refractivity contribution in [2.75, 3.05) is 13.2 Å². The molecule has 0 saturated carbocycles. The Morgan fingerprint density at radius 3 is 2.66 bits per heavy atom. The van der Waals surface area contributed by atoms with Gasteiger partial charge in [0.2, 0.25) is 0 Å². The fraction of sp³-hybridized carbons (Fsp3) is 0.389. The van der Waals surface area contributed by atoms with Gasteiger partial charge in [-0.3, -0.25) is 9.36 Å². The van der Waals surface area contributed by atoms with Crippen molar-refractivity contribution in [3.05, 3.63) is 56.4 Å². The van der Waals surface area contributed by atoms with Crippen LogP contribution in [0.1, 0.15) is 30.7 Å². The predicted octanol–water partition coefficient (Wildman–Crippen LogP) is 2.55. The van der Waals surface area contributed by atoms with Gasteiger partial charge in [-0.25, -0.2) is 14.2 Å². The number of alkyl halides is 3. The fourth-order valence-corrected chi connectivity index (χ4v) is 3.02. The minimum absolute atomic E-state index is 0.0195. The molecule has 0 fully saturated rings. The number of carbonyl (C=O) groups is 1. The highest BCUT2D eigenvalue weighted by atomic mass is 19.4. The van der Waals surface area contributed by atoms with Crippen molar-refractivity contribution in [2.45, 2.75) is 25.6 Å². The van der Waals surface area contributed by atoms with Gasteiger partial charge in [0.25, 0.3) is 5.56 Å². The van der Waals surface area contributed by atoms with E-state index in [-0.39, 0.29) is 18.9 Å². The lowest BCUT2D eigenvalue weighted by molar-refractivity contribution is -0.144. The second-order valence-corrected chi connectivity index (χ2v) is 6.19. The van der Waals surface area contributed by atoms with E-state index < -0.39 is 35.4 Å². The third-order valence-corrected chi connectivity index (χ3v) is 4.35. The number of nitrogens with zero attached hydrogens (tertiary/aromatic N) is 2. The molecule has 29 heavy (non-hydrogen) atoms. The van der Waals surface area contributed by atoms with Gasteiger partial charge < -0.3 is 14.2 Å². The first-order valence-corrected chi connectivity index (χ1v) is 8.64. The van der Waals surface area contributed by atoms with Crippen molar-refractivity contribution in [1.29, 1.82) is 0 Å². The number of aromatic nitrogens is 2. The number of hydrogen-bond donors (Lipinski definition) is 0. The van der Waals surface area contributed by atoms with Crippen LogP contribution in [0.2, 0.25) is 0 Å². The van der Waals surface area contributed by atoms with Crippen LogP contribution in [0.4, 0.5) is 18.0 Å². The molecule has 11 heteroatoms. The summed E-state index contributed by atoms with van der Waals surface area (Å²) in [6.45, 7) is 1.99. The number of rotatable bonds is 3. The summed E-state index contributed by atoms with van der Waals surface area (Å²) in [7, 11) is 0.926. The number of ether oxygens (including phenoxy) is 3. The van der Waals surface area contributed by atoms with Gasteiger partial charge in [0.15, 0.2) is 0 Å². The van der Waals surface area contributed by atoms with E-state index in [1.165, 1.54) is 18.2 Å². The molecule has 0 saturated heterocycles. The Labute approximate surface area is 162 Å². The molecule has 0 bridgehead atoms. The minimum Gasteiger partial charge on any atom is -0.493 e. The lowest BCUT2D eigenvalue weighted by Crippen LogP contribution is -2.40. The summed E-state index contributed by atoms with van der Waals surface area (Å²) in [4.78, 5) is 36.4. The maximum absolute atomic E-state index is 13.0. The zero-order valence-electron chi connectivity index (χ0n) is 15.5. The maximum Gasteiger partial charge on any atom is 0.508 e. The molecule has 1 aromatic carbocycles. The van der Waals surface area contributed by atoms with E-state index in [0.717, 1.165) is 7.05 Å². The van der Waals surface area contributed by atoms with Crippen LogP contribution >= 0.6 is 0 Å². The van der Waals surface area contributed by atoms with Gasteiger partial charge in [0.1, 0.15) is 17.5 Å².